The van der Waals surface area contributed by atoms with E-state index in [1.54, 1.807) is 6.92 Å². The predicted molar refractivity (Wildman–Crippen MR) is 86.3 cm³/mol. The Hall–Kier alpha value is -0.770. The Morgan fingerprint density at radius 2 is 1.48 bits per heavy atom. The molecule has 4 nitrogen and oxygen atoms in total. The Morgan fingerprint density at radius 1 is 0.952 bits per heavy atom. The predicted octanol–water partition coefficient (Wildman–Crippen LogP) is 4.15. The average Bonchev–Trinajstić information content (AvgIpc) is 2.45. The normalized spacial score (nSPS) is 12.0. The summed E-state index contributed by atoms with van der Waals surface area (Å²) < 4.78 is 4.72. The number of carbonyl (C=O) groups is 2. The van der Waals surface area contributed by atoms with Crippen LogP contribution in [-0.2, 0) is 14.3 Å². The van der Waals surface area contributed by atoms with Crippen LogP contribution in [0.5, 0.6) is 0 Å². The average molecular weight is 320 g/mol. The lowest BCUT2D eigenvalue weighted by atomic mass is 10.1. The number of amides is 1. The van der Waals surface area contributed by atoms with Gasteiger partial charge in [-0.25, -0.2) is 4.79 Å². The molecule has 0 saturated carbocycles. The fourth-order valence-corrected chi connectivity index (χ4v) is 2.27. The maximum Gasteiger partial charge on any atom is 0.344 e. The summed E-state index contributed by atoms with van der Waals surface area (Å²) in [6, 6.07) is 0. The second-order valence-corrected chi connectivity index (χ2v) is 5.70. The second-order valence-electron chi connectivity index (χ2n) is 5.26. The van der Waals surface area contributed by atoms with Crippen molar-refractivity contribution in [3.05, 3.63) is 0 Å². The van der Waals surface area contributed by atoms with Crippen molar-refractivity contribution in [2.75, 3.05) is 6.61 Å². The minimum absolute atomic E-state index is 0.189. The maximum atomic E-state index is 11.6. The molecule has 0 aromatic carbocycles. The third-order valence-electron chi connectivity index (χ3n) is 3.29. The van der Waals surface area contributed by atoms with E-state index in [4.69, 9.17) is 16.3 Å². The Bertz CT molecular complexity index is 285. The molecule has 0 spiro atoms. The van der Waals surface area contributed by atoms with Gasteiger partial charge in [0.15, 0.2) is 0 Å². The van der Waals surface area contributed by atoms with Crippen LogP contribution in [0.15, 0.2) is 0 Å². The van der Waals surface area contributed by atoms with Crippen molar-refractivity contribution in [3.63, 3.8) is 0 Å². The number of alkyl halides is 1. The molecular formula is C16H30ClNO3. The molecule has 1 N–H and O–H groups in total. The first-order chi connectivity index (χ1) is 10.1. The number of unbranched alkanes of at least 4 members (excludes halogenated alkanes) is 8. The summed E-state index contributed by atoms with van der Waals surface area (Å²) in [6.07, 6.45) is 11.3. The highest BCUT2D eigenvalue weighted by Crippen LogP contribution is 2.10. The third kappa shape index (κ3) is 12.7. The number of rotatable bonds is 13. The molecule has 1 atom stereocenters. The van der Waals surface area contributed by atoms with Gasteiger partial charge in [0, 0.05) is 6.42 Å². The molecule has 0 aliphatic carbocycles. The van der Waals surface area contributed by atoms with Crippen molar-refractivity contribution in [3.8, 4) is 0 Å². The molecule has 0 heterocycles. The third-order valence-corrected chi connectivity index (χ3v) is 3.58. The molecule has 124 valence electrons. The number of hydrogen-bond acceptors (Lipinski definition) is 3. The minimum atomic E-state index is -1.07. The van der Waals surface area contributed by atoms with Crippen LogP contribution in [0.4, 0.5) is 0 Å². The van der Waals surface area contributed by atoms with E-state index in [9.17, 15) is 9.59 Å². The van der Waals surface area contributed by atoms with E-state index in [0.717, 1.165) is 12.8 Å². The molecule has 0 bridgehead atoms. The van der Waals surface area contributed by atoms with Crippen molar-refractivity contribution < 1.29 is 14.3 Å². The summed E-state index contributed by atoms with van der Waals surface area (Å²) in [5, 5.41) is 2.44. The quantitative estimate of drug-likeness (QED) is 0.240. The zero-order valence-corrected chi connectivity index (χ0v) is 14.2. The first kappa shape index (κ1) is 20.2. The highest BCUT2D eigenvalue weighted by atomic mass is 35.5. The smallest absolute Gasteiger partial charge is 0.344 e. The Kier molecular flexibility index (Phi) is 13.7. The van der Waals surface area contributed by atoms with Crippen LogP contribution in [0.2, 0.25) is 0 Å². The van der Waals surface area contributed by atoms with Crippen molar-refractivity contribution in [1.29, 1.82) is 0 Å². The van der Waals surface area contributed by atoms with Crippen LogP contribution in [0.3, 0.4) is 0 Å². The number of carbonyl (C=O) groups excluding carboxylic acids is 2. The molecule has 0 saturated heterocycles. The van der Waals surface area contributed by atoms with Crippen LogP contribution >= 0.6 is 11.6 Å². The van der Waals surface area contributed by atoms with E-state index in [1.165, 1.54) is 44.9 Å². The van der Waals surface area contributed by atoms with Crippen LogP contribution in [0, 0.1) is 0 Å². The molecule has 21 heavy (non-hydrogen) atoms. The largest absolute Gasteiger partial charge is 0.464 e. The molecule has 0 rings (SSSR count). The fourth-order valence-electron chi connectivity index (χ4n) is 2.08. The van der Waals surface area contributed by atoms with Crippen molar-refractivity contribution >= 4 is 23.5 Å². The van der Waals surface area contributed by atoms with Gasteiger partial charge >= 0.3 is 5.97 Å². The van der Waals surface area contributed by atoms with Crippen LogP contribution < -0.4 is 5.32 Å². The molecule has 0 aromatic rings. The van der Waals surface area contributed by atoms with E-state index in [1.807, 2.05) is 0 Å². The van der Waals surface area contributed by atoms with Gasteiger partial charge in [0.1, 0.15) is 0 Å². The monoisotopic (exact) mass is 319 g/mol. The highest BCUT2D eigenvalue weighted by Gasteiger charge is 2.18. The van der Waals surface area contributed by atoms with Gasteiger partial charge in [-0.2, -0.15) is 0 Å². The molecule has 5 heteroatoms. The van der Waals surface area contributed by atoms with Gasteiger partial charge in [0.05, 0.1) is 6.61 Å². The lowest BCUT2D eigenvalue weighted by Gasteiger charge is -2.10. The van der Waals surface area contributed by atoms with E-state index < -0.39 is 11.5 Å². The van der Waals surface area contributed by atoms with E-state index in [-0.39, 0.29) is 12.5 Å². The van der Waals surface area contributed by atoms with Crippen molar-refractivity contribution in [2.45, 2.75) is 83.6 Å². The van der Waals surface area contributed by atoms with Gasteiger partial charge < -0.3 is 10.1 Å². The highest BCUT2D eigenvalue weighted by molar-refractivity contribution is 6.30. The molecule has 0 unspecified atom stereocenters. The van der Waals surface area contributed by atoms with Crippen LogP contribution in [-0.4, -0.2) is 24.0 Å². The summed E-state index contributed by atoms with van der Waals surface area (Å²) in [4.78, 5) is 22.8. The van der Waals surface area contributed by atoms with Gasteiger partial charge in [-0.3, -0.25) is 4.79 Å². The Balaban J connectivity index is 3.43. The van der Waals surface area contributed by atoms with Crippen LogP contribution in [0.25, 0.3) is 0 Å². The lowest BCUT2D eigenvalue weighted by Crippen LogP contribution is -2.37. The lowest BCUT2D eigenvalue weighted by molar-refractivity contribution is -0.144. The fraction of sp³-hybridized carbons (Fsp3) is 0.875. The first-order valence-corrected chi connectivity index (χ1v) is 8.65. The van der Waals surface area contributed by atoms with Gasteiger partial charge in [-0.05, 0) is 13.3 Å². The number of halogens is 1. The molecular weight excluding hydrogens is 290 g/mol. The van der Waals surface area contributed by atoms with E-state index in [2.05, 4.69) is 12.2 Å². The molecule has 0 aliphatic heterocycles. The molecule has 1 amide bonds. The zero-order valence-electron chi connectivity index (χ0n) is 13.5. The standard InChI is InChI=1S/C16H30ClNO3/c1-3-5-6-7-8-9-10-11-12-13-14(19)18-15(17)16(20)21-4-2/h15H,3-13H2,1-2H3,(H,18,19)/t15-/m0/s1. The summed E-state index contributed by atoms with van der Waals surface area (Å²) >= 11 is 5.72. The minimum Gasteiger partial charge on any atom is -0.464 e. The summed E-state index contributed by atoms with van der Waals surface area (Å²) in [7, 11) is 0. The Labute approximate surface area is 134 Å². The van der Waals surface area contributed by atoms with Gasteiger partial charge in [0.2, 0.25) is 11.4 Å². The summed E-state index contributed by atoms with van der Waals surface area (Å²) in [6.45, 7) is 4.18. The van der Waals surface area contributed by atoms with Crippen molar-refractivity contribution in [2.24, 2.45) is 0 Å². The zero-order chi connectivity index (χ0) is 15.9. The SMILES string of the molecule is CCCCCCCCCCCC(=O)N[C@H](Cl)C(=O)OCC. The van der Waals surface area contributed by atoms with Crippen molar-refractivity contribution in [1.82, 2.24) is 5.32 Å². The summed E-state index contributed by atoms with van der Waals surface area (Å²) in [5.41, 5.74) is -1.07. The van der Waals surface area contributed by atoms with E-state index in [0.29, 0.717) is 6.42 Å². The second kappa shape index (κ2) is 14.2. The summed E-state index contributed by atoms with van der Waals surface area (Å²) in [5.74, 6) is -0.786. The van der Waals surface area contributed by atoms with E-state index >= 15 is 0 Å². The van der Waals surface area contributed by atoms with Gasteiger partial charge in [-0.1, -0.05) is 69.9 Å². The Morgan fingerprint density at radius 3 is 2.00 bits per heavy atom. The van der Waals surface area contributed by atoms with Gasteiger partial charge in [-0.15, -0.1) is 0 Å². The molecule has 0 aliphatic rings. The number of hydrogen-bond donors (Lipinski definition) is 1. The molecule has 0 fully saturated rings. The molecule has 0 radical (unpaired) electrons. The topological polar surface area (TPSA) is 55.4 Å². The number of ether oxygens (including phenoxy) is 1. The number of nitrogens with one attached hydrogen (secondary N) is 1. The van der Waals surface area contributed by atoms with Gasteiger partial charge in [0.25, 0.3) is 0 Å². The first-order valence-electron chi connectivity index (χ1n) is 8.21. The number of esters is 1. The van der Waals surface area contributed by atoms with Crippen LogP contribution in [0.1, 0.15) is 78.1 Å². The molecule has 0 aromatic heterocycles. The maximum absolute atomic E-state index is 11.6.